The normalized spacial score (nSPS) is 17.1. The molecule has 1 aliphatic carbocycles. The number of rotatable bonds is 8. The van der Waals surface area contributed by atoms with Gasteiger partial charge in [0.2, 0.25) is 0 Å². The van der Waals surface area contributed by atoms with Gasteiger partial charge in [-0.1, -0.05) is 176 Å². The Hall–Kier alpha value is -8.03. The molecule has 1 N–H and O–H groups in total. The molecule has 0 bridgehead atoms. The van der Waals surface area contributed by atoms with Gasteiger partial charge in [-0.2, -0.15) is 0 Å². The van der Waals surface area contributed by atoms with Crippen LogP contribution in [0.2, 0.25) is 0 Å². The molecule has 7 aromatic carbocycles. The van der Waals surface area contributed by atoms with Gasteiger partial charge in [0.05, 0.1) is 0 Å². The van der Waals surface area contributed by atoms with Crippen LogP contribution in [0.1, 0.15) is 30.6 Å². The fourth-order valence-corrected chi connectivity index (χ4v) is 8.28. The number of hydrogen-bond donors (Lipinski definition) is 1. The van der Waals surface area contributed by atoms with E-state index in [9.17, 15) is 0 Å². The molecule has 2 aliphatic rings. The number of furan rings is 1. The van der Waals surface area contributed by atoms with Crippen molar-refractivity contribution >= 4 is 33.6 Å². The molecule has 0 spiro atoms. The van der Waals surface area contributed by atoms with Gasteiger partial charge in [0, 0.05) is 38.4 Å². The summed E-state index contributed by atoms with van der Waals surface area (Å²) in [6, 6.07) is 60.3. The van der Waals surface area contributed by atoms with Crippen molar-refractivity contribution < 1.29 is 4.42 Å². The van der Waals surface area contributed by atoms with E-state index in [0.717, 1.165) is 90.1 Å². The number of benzene rings is 7. The number of hydrogen-bond acceptors (Lipinski definition) is 7. The fraction of sp³-hybridized carbons (Fsp3) is 0.0727. The second-order valence-electron chi connectivity index (χ2n) is 16.0. The first-order chi connectivity index (χ1) is 30.5. The van der Waals surface area contributed by atoms with E-state index < -0.39 is 0 Å². The molecule has 62 heavy (non-hydrogen) atoms. The molecule has 9 aromatic rings. The van der Waals surface area contributed by atoms with Crippen molar-refractivity contribution in [3.05, 3.63) is 211 Å². The van der Waals surface area contributed by atoms with Crippen LogP contribution in [-0.4, -0.2) is 26.6 Å². The lowest BCUT2D eigenvalue weighted by atomic mass is 9.82. The van der Waals surface area contributed by atoms with Crippen LogP contribution >= 0.6 is 0 Å². The topological polar surface area (TPSA) is 88.6 Å². The zero-order chi connectivity index (χ0) is 41.5. The van der Waals surface area contributed by atoms with E-state index in [0.29, 0.717) is 17.5 Å². The van der Waals surface area contributed by atoms with E-state index in [4.69, 9.17) is 29.4 Å². The maximum atomic E-state index is 6.35. The summed E-state index contributed by atoms with van der Waals surface area (Å²) in [5, 5.41) is 5.78. The minimum absolute atomic E-state index is 0.231. The summed E-state index contributed by atoms with van der Waals surface area (Å²) in [7, 11) is 0. The Morgan fingerprint density at radius 1 is 0.500 bits per heavy atom. The second-order valence-corrected chi connectivity index (χ2v) is 16.0. The van der Waals surface area contributed by atoms with E-state index in [-0.39, 0.29) is 11.6 Å². The Kier molecular flexibility index (Phi) is 9.27. The quantitative estimate of drug-likeness (QED) is 0.165. The number of aliphatic imine (C=N–C) groups is 2. The number of aromatic nitrogens is 3. The first-order valence-electron chi connectivity index (χ1n) is 20.9. The summed E-state index contributed by atoms with van der Waals surface area (Å²) in [4.78, 5) is 24.9. The molecule has 2 atom stereocenters. The summed E-state index contributed by atoms with van der Waals surface area (Å²) < 4.78 is 6.35. The predicted molar refractivity (Wildman–Crippen MR) is 252 cm³/mol. The van der Waals surface area contributed by atoms with Crippen LogP contribution < -0.4 is 5.32 Å². The van der Waals surface area contributed by atoms with Crippen LogP contribution in [0.5, 0.6) is 0 Å². The van der Waals surface area contributed by atoms with Crippen molar-refractivity contribution in [2.75, 3.05) is 0 Å². The summed E-state index contributed by atoms with van der Waals surface area (Å²) in [6.07, 6.45) is 9.26. The molecule has 0 radical (unpaired) electrons. The summed E-state index contributed by atoms with van der Waals surface area (Å²) in [5.74, 6) is 3.56. The van der Waals surface area contributed by atoms with Crippen molar-refractivity contribution in [1.82, 2.24) is 20.3 Å². The standard InChI is InChI=1S/C55H40N6O/c1-55(32-12-5-13-33-55)54-60-52(40-18-10-4-11-19-40)59-53(61-54)42-26-22-37(23-27-42)44-29-31-48-46(35-44)45-34-43(28-30-47(45)62-48)36-20-24-41(25-21-36)51-57-49(38-14-6-2-7-15-38)56-50(58-51)39-16-8-3-9-17-39/h2-32,34-35,52H,33H2,1H3,(H,59,60,61). The molecule has 0 saturated carbocycles. The van der Waals surface area contributed by atoms with Gasteiger partial charge in [0.15, 0.2) is 23.3 Å². The lowest BCUT2D eigenvalue weighted by molar-refractivity contribution is 0.542. The van der Waals surface area contributed by atoms with E-state index in [1.165, 1.54) is 0 Å². The smallest absolute Gasteiger partial charge is 0.164 e. The molecule has 3 heterocycles. The number of nitrogens with zero attached hydrogens (tertiary/aromatic N) is 5. The van der Waals surface area contributed by atoms with Crippen molar-refractivity contribution in [3.63, 3.8) is 0 Å². The highest BCUT2D eigenvalue weighted by molar-refractivity contribution is 6.10. The molecule has 2 aromatic heterocycles. The van der Waals surface area contributed by atoms with Gasteiger partial charge in [0.25, 0.3) is 0 Å². The SMILES string of the molecule is CC1(C2=NC(c3ccc(-c4ccc5oc6ccc(-c7ccc(-c8nc(-c9ccccc9)nc(-c9ccccc9)n8)cc7)cc6c5c4)cc3)=NC(c3ccccc3)N2)C=CC=CC1. The Bertz CT molecular complexity index is 3170. The van der Waals surface area contributed by atoms with Crippen LogP contribution in [0.25, 0.3) is 78.4 Å². The van der Waals surface area contributed by atoms with E-state index in [2.05, 4.69) is 146 Å². The van der Waals surface area contributed by atoms with E-state index >= 15 is 0 Å². The van der Waals surface area contributed by atoms with Crippen LogP contribution in [0.4, 0.5) is 0 Å². The molecule has 0 saturated heterocycles. The molecule has 0 amide bonds. The summed E-state index contributed by atoms with van der Waals surface area (Å²) in [6.45, 7) is 2.23. The van der Waals surface area contributed by atoms with Crippen molar-refractivity contribution in [1.29, 1.82) is 0 Å². The van der Waals surface area contributed by atoms with Gasteiger partial charge >= 0.3 is 0 Å². The number of amidine groups is 2. The Morgan fingerprint density at radius 2 is 0.968 bits per heavy atom. The van der Waals surface area contributed by atoms with Gasteiger partial charge in [-0.25, -0.2) is 24.9 Å². The molecular weight excluding hydrogens is 761 g/mol. The van der Waals surface area contributed by atoms with Crippen LogP contribution in [-0.2, 0) is 0 Å². The van der Waals surface area contributed by atoms with Gasteiger partial charge < -0.3 is 9.73 Å². The van der Waals surface area contributed by atoms with Crippen LogP contribution in [0.15, 0.2) is 215 Å². The fourth-order valence-electron chi connectivity index (χ4n) is 8.28. The third-order valence-electron chi connectivity index (χ3n) is 11.8. The van der Waals surface area contributed by atoms with Gasteiger partial charge in [-0.15, -0.1) is 0 Å². The average Bonchev–Trinajstić information content (AvgIpc) is 3.72. The Balaban J connectivity index is 0.893. The third kappa shape index (κ3) is 7.09. The van der Waals surface area contributed by atoms with Gasteiger partial charge in [-0.3, -0.25) is 0 Å². The Morgan fingerprint density at radius 3 is 1.48 bits per heavy atom. The first kappa shape index (κ1) is 37.0. The summed E-state index contributed by atoms with van der Waals surface area (Å²) >= 11 is 0. The highest BCUT2D eigenvalue weighted by Crippen LogP contribution is 2.37. The number of nitrogens with one attached hydrogen (secondary N) is 1. The largest absolute Gasteiger partial charge is 0.456 e. The molecule has 7 nitrogen and oxygen atoms in total. The van der Waals surface area contributed by atoms with Crippen molar-refractivity contribution in [2.45, 2.75) is 19.5 Å². The second kappa shape index (κ2) is 15.5. The zero-order valence-electron chi connectivity index (χ0n) is 34.0. The highest BCUT2D eigenvalue weighted by atomic mass is 16.3. The Labute approximate surface area is 359 Å². The zero-order valence-corrected chi connectivity index (χ0v) is 34.0. The molecule has 7 heteroatoms. The molecule has 0 fully saturated rings. The lowest BCUT2D eigenvalue weighted by Gasteiger charge is -2.34. The third-order valence-corrected chi connectivity index (χ3v) is 11.8. The van der Waals surface area contributed by atoms with E-state index in [1.807, 2.05) is 66.7 Å². The minimum Gasteiger partial charge on any atom is -0.456 e. The molecule has 11 rings (SSSR count). The molecular formula is C55H40N6O. The number of fused-ring (bicyclic) bond motifs is 3. The van der Waals surface area contributed by atoms with Gasteiger partial charge in [-0.05, 0) is 65.4 Å². The monoisotopic (exact) mass is 800 g/mol. The van der Waals surface area contributed by atoms with Gasteiger partial charge in [0.1, 0.15) is 23.2 Å². The van der Waals surface area contributed by atoms with Crippen LogP contribution in [0, 0.1) is 5.41 Å². The lowest BCUT2D eigenvalue weighted by Crippen LogP contribution is -2.43. The maximum Gasteiger partial charge on any atom is 0.164 e. The van der Waals surface area contributed by atoms with Crippen LogP contribution in [0.3, 0.4) is 0 Å². The molecule has 296 valence electrons. The van der Waals surface area contributed by atoms with Crippen molar-refractivity contribution in [3.8, 4) is 56.4 Å². The van der Waals surface area contributed by atoms with Crippen molar-refractivity contribution in [2.24, 2.45) is 15.4 Å². The minimum atomic E-state index is -0.246. The first-order valence-corrected chi connectivity index (χ1v) is 20.9. The van der Waals surface area contributed by atoms with E-state index in [1.54, 1.807) is 0 Å². The average molecular weight is 801 g/mol. The predicted octanol–water partition coefficient (Wildman–Crippen LogP) is 13.1. The summed E-state index contributed by atoms with van der Waals surface area (Å²) in [5.41, 5.74) is 10.7. The molecule has 2 unspecified atom stereocenters. The molecule has 1 aliphatic heterocycles. The maximum absolute atomic E-state index is 6.35. The highest BCUT2D eigenvalue weighted by Gasteiger charge is 2.33. The number of allylic oxidation sites excluding steroid dienone is 3.